The van der Waals surface area contributed by atoms with Gasteiger partial charge in [-0.15, -0.1) is 11.3 Å². The first-order valence-corrected chi connectivity index (χ1v) is 10.9. The zero-order valence-electron chi connectivity index (χ0n) is 15.6. The topological polar surface area (TPSA) is 73.3 Å². The van der Waals surface area contributed by atoms with Gasteiger partial charge in [0.15, 0.2) is 11.5 Å². The first kappa shape index (κ1) is 17.8. The molecule has 0 saturated heterocycles. The summed E-state index contributed by atoms with van der Waals surface area (Å²) >= 11 is 3.27. The molecule has 0 radical (unpaired) electrons. The summed E-state index contributed by atoms with van der Waals surface area (Å²) in [6, 6.07) is 5.42. The molecule has 1 N–H and O–H groups in total. The highest BCUT2D eigenvalue weighted by Crippen LogP contribution is 2.41. The quantitative estimate of drug-likeness (QED) is 0.507. The average molecular weight is 414 g/mol. The number of carbonyl (C=O) groups excluding carboxylic acids is 1. The van der Waals surface area contributed by atoms with E-state index in [4.69, 9.17) is 9.47 Å². The summed E-state index contributed by atoms with van der Waals surface area (Å²) in [5, 5.41) is 4.73. The molecular formula is C20H19N3O3S2. The number of nitrogens with one attached hydrogen (secondary N) is 1. The summed E-state index contributed by atoms with van der Waals surface area (Å²) in [4.78, 5) is 24.5. The van der Waals surface area contributed by atoms with Crippen LogP contribution in [0.2, 0.25) is 0 Å². The lowest BCUT2D eigenvalue weighted by molar-refractivity contribution is -0.115. The Kier molecular flexibility index (Phi) is 4.40. The number of anilines is 1. The van der Waals surface area contributed by atoms with Crippen LogP contribution in [0, 0.1) is 6.92 Å². The van der Waals surface area contributed by atoms with E-state index in [1.165, 1.54) is 28.6 Å². The van der Waals surface area contributed by atoms with Crippen LogP contribution in [-0.2, 0) is 17.6 Å². The van der Waals surface area contributed by atoms with E-state index in [-0.39, 0.29) is 18.0 Å². The van der Waals surface area contributed by atoms with Crippen molar-refractivity contribution in [1.82, 2.24) is 9.97 Å². The number of carbonyl (C=O) groups is 1. The van der Waals surface area contributed by atoms with Crippen molar-refractivity contribution in [2.75, 3.05) is 12.1 Å². The highest BCUT2D eigenvalue weighted by atomic mass is 32.2. The van der Waals surface area contributed by atoms with Gasteiger partial charge in [-0.3, -0.25) is 4.79 Å². The summed E-state index contributed by atoms with van der Waals surface area (Å²) < 4.78 is 10.7. The zero-order chi connectivity index (χ0) is 19.3. The van der Waals surface area contributed by atoms with Crippen LogP contribution in [0.1, 0.15) is 29.6 Å². The predicted molar refractivity (Wildman–Crippen MR) is 111 cm³/mol. The first-order valence-electron chi connectivity index (χ1n) is 9.24. The van der Waals surface area contributed by atoms with Gasteiger partial charge in [0.1, 0.15) is 15.7 Å². The Labute approximate surface area is 170 Å². The maximum atomic E-state index is 12.8. The number of hydrogen-bond acceptors (Lipinski definition) is 7. The molecule has 1 atom stereocenters. The van der Waals surface area contributed by atoms with Gasteiger partial charge in [-0.25, -0.2) is 9.97 Å². The summed E-state index contributed by atoms with van der Waals surface area (Å²) in [5.41, 5.74) is 2.08. The van der Waals surface area contributed by atoms with Crippen LogP contribution < -0.4 is 14.8 Å². The van der Waals surface area contributed by atoms with Gasteiger partial charge in [-0.05, 0) is 50.8 Å². The van der Waals surface area contributed by atoms with Crippen LogP contribution in [0.5, 0.6) is 11.5 Å². The normalized spacial score (nSPS) is 15.6. The van der Waals surface area contributed by atoms with E-state index in [2.05, 4.69) is 15.3 Å². The third-order valence-electron chi connectivity index (χ3n) is 4.94. The van der Waals surface area contributed by atoms with Gasteiger partial charge in [-0.2, -0.15) is 0 Å². The highest BCUT2D eigenvalue weighted by molar-refractivity contribution is 8.00. The van der Waals surface area contributed by atoms with Gasteiger partial charge in [0.25, 0.3) is 0 Å². The molecule has 1 aromatic carbocycles. The molecule has 0 saturated carbocycles. The minimum Gasteiger partial charge on any atom is -0.454 e. The van der Waals surface area contributed by atoms with Crippen molar-refractivity contribution in [3.8, 4) is 11.5 Å². The number of nitrogens with zero attached hydrogens (tertiary/aromatic N) is 2. The lowest BCUT2D eigenvalue weighted by atomic mass is 10.2. The highest BCUT2D eigenvalue weighted by Gasteiger charge is 2.25. The number of rotatable bonds is 4. The van der Waals surface area contributed by atoms with Crippen LogP contribution >= 0.6 is 23.1 Å². The Bertz CT molecular complexity index is 1100. The summed E-state index contributed by atoms with van der Waals surface area (Å²) in [6.45, 7) is 4.03. The van der Waals surface area contributed by atoms with Crippen molar-refractivity contribution < 1.29 is 14.3 Å². The maximum absolute atomic E-state index is 12.8. The van der Waals surface area contributed by atoms with E-state index >= 15 is 0 Å². The maximum Gasteiger partial charge on any atom is 0.237 e. The number of thiophene rings is 1. The van der Waals surface area contributed by atoms with Crippen molar-refractivity contribution in [2.45, 2.75) is 43.4 Å². The fraction of sp³-hybridized carbons (Fsp3) is 0.350. The Morgan fingerprint density at radius 1 is 1.25 bits per heavy atom. The number of aromatic nitrogens is 2. The van der Waals surface area contributed by atoms with Crippen LogP contribution in [-0.4, -0.2) is 27.9 Å². The third-order valence-corrected chi connectivity index (χ3v) is 7.21. The summed E-state index contributed by atoms with van der Waals surface area (Å²) in [6.07, 6.45) is 3.39. The molecule has 1 aliphatic carbocycles. The Morgan fingerprint density at radius 2 is 2.11 bits per heavy atom. The molecule has 0 bridgehead atoms. The minimum atomic E-state index is -0.292. The molecule has 2 aliphatic rings. The molecule has 3 heterocycles. The SMILES string of the molecule is Cc1nc(S[C@@H](C)C(=O)Nc2ccc3c(c2)OCO3)c2c3c(sc2n1)CCC3. The summed E-state index contributed by atoms with van der Waals surface area (Å²) in [5.74, 6) is 2.03. The molecule has 0 spiro atoms. The Morgan fingerprint density at radius 3 is 3.00 bits per heavy atom. The predicted octanol–water partition coefficient (Wildman–Crippen LogP) is 4.34. The van der Waals surface area contributed by atoms with Gasteiger partial charge in [0, 0.05) is 22.0 Å². The Hall–Kier alpha value is -2.32. The van der Waals surface area contributed by atoms with E-state index in [0.29, 0.717) is 17.2 Å². The molecule has 0 fully saturated rings. The van der Waals surface area contributed by atoms with Crippen molar-refractivity contribution in [3.63, 3.8) is 0 Å². The van der Waals surface area contributed by atoms with E-state index in [1.54, 1.807) is 17.4 Å². The number of aryl methyl sites for hydroxylation is 3. The van der Waals surface area contributed by atoms with Crippen LogP contribution in [0.3, 0.4) is 0 Å². The zero-order valence-corrected chi connectivity index (χ0v) is 17.2. The fourth-order valence-corrected chi connectivity index (χ4v) is 5.98. The van der Waals surface area contributed by atoms with Gasteiger partial charge in [0.05, 0.1) is 5.25 Å². The second kappa shape index (κ2) is 6.93. The smallest absolute Gasteiger partial charge is 0.237 e. The molecule has 3 aromatic rings. The molecule has 2 aromatic heterocycles. The van der Waals surface area contributed by atoms with Crippen molar-refractivity contribution in [2.24, 2.45) is 0 Å². The van der Waals surface area contributed by atoms with Crippen molar-refractivity contribution in [3.05, 3.63) is 34.5 Å². The monoisotopic (exact) mass is 413 g/mol. The van der Waals surface area contributed by atoms with Crippen LogP contribution in [0.4, 0.5) is 5.69 Å². The van der Waals surface area contributed by atoms with E-state index in [0.717, 1.165) is 33.9 Å². The van der Waals surface area contributed by atoms with E-state index in [9.17, 15) is 4.79 Å². The number of fused-ring (bicyclic) bond motifs is 4. The molecule has 8 heteroatoms. The molecule has 0 unspecified atom stereocenters. The third kappa shape index (κ3) is 3.10. The van der Waals surface area contributed by atoms with Crippen molar-refractivity contribution >= 4 is 44.9 Å². The standard InChI is InChI=1S/C20H19N3O3S2/c1-10(18(24)23-12-6-7-14-15(8-12)26-9-25-14)27-19-17-13-4-3-5-16(13)28-20(17)22-11(2)21-19/h6-8,10H,3-5,9H2,1-2H3,(H,23,24)/t10-/m0/s1. The Balaban J connectivity index is 1.38. The van der Waals surface area contributed by atoms with E-state index < -0.39 is 0 Å². The molecule has 144 valence electrons. The number of amides is 1. The fourth-order valence-electron chi connectivity index (χ4n) is 3.59. The molecule has 5 rings (SSSR count). The molecule has 6 nitrogen and oxygen atoms in total. The number of ether oxygens (including phenoxy) is 2. The molecule has 28 heavy (non-hydrogen) atoms. The molecule has 1 aliphatic heterocycles. The van der Waals surface area contributed by atoms with Crippen molar-refractivity contribution in [1.29, 1.82) is 0 Å². The van der Waals surface area contributed by atoms with Gasteiger partial charge in [-0.1, -0.05) is 11.8 Å². The first-order chi connectivity index (χ1) is 13.6. The second-order valence-electron chi connectivity index (χ2n) is 6.93. The van der Waals surface area contributed by atoms with E-state index in [1.807, 2.05) is 26.0 Å². The average Bonchev–Trinajstić information content (AvgIpc) is 3.36. The van der Waals surface area contributed by atoms with Gasteiger partial charge in [0.2, 0.25) is 12.7 Å². The molecular weight excluding hydrogens is 394 g/mol. The summed E-state index contributed by atoms with van der Waals surface area (Å²) in [7, 11) is 0. The van der Waals surface area contributed by atoms with Crippen LogP contribution in [0.25, 0.3) is 10.2 Å². The second-order valence-corrected chi connectivity index (χ2v) is 9.34. The minimum absolute atomic E-state index is 0.0693. The number of benzene rings is 1. The largest absolute Gasteiger partial charge is 0.454 e. The van der Waals surface area contributed by atoms with Gasteiger partial charge < -0.3 is 14.8 Å². The lowest BCUT2D eigenvalue weighted by Gasteiger charge is -2.13. The van der Waals surface area contributed by atoms with Crippen LogP contribution in [0.15, 0.2) is 23.2 Å². The van der Waals surface area contributed by atoms with Gasteiger partial charge >= 0.3 is 0 Å². The lowest BCUT2D eigenvalue weighted by Crippen LogP contribution is -2.22. The number of hydrogen-bond donors (Lipinski definition) is 1. The molecule has 1 amide bonds. The number of thioether (sulfide) groups is 1.